The number of hydrogen-bond donors (Lipinski definition) is 2. The molecule has 0 saturated heterocycles. The number of fused-ring (bicyclic) bond motifs is 1. The predicted octanol–water partition coefficient (Wildman–Crippen LogP) is 2.97. The summed E-state index contributed by atoms with van der Waals surface area (Å²) in [7, 11) is 1.92. The first-order chi connectivity index (χ1) is 11.3. The van der Waals surface area contributed by atoms with Gasteiger partial charge in [0.2, 0.25) is 0 Å². The fraction of sp³-hybridized carbons (Fsp3) is 0.118. The molecule has 23 heavy (non-hydrogen) atoms. The zero-order valence-electron chi connectivity index (χ0n) is 12.7. The molecule has 2 N–H and O–H groups in total. The number of H-pyrrole nitrogens is 1. The molecule has 114 valence electrons. The molecule has 6 heteroatoms. The van der Waals surface area contributed by atoms with Gasteiger partial charge in [0, 0.05) is 31.0 Å². The van der Waals surface area contributed by atoms with Gasteiger partial charge >= 0.3 is 0 Å². The second kappa shape index (κ2) is 5.57. The van der Waals surface area contributed by atoms with Crippen molar-refractivity contribution in [3.63, 3.8) is 0 Å². The number of aromatic amines is 1. The van der Waals surface area contributed by atoms with Gasteiger partial charge in [-0.3, -0.25) is 5.10 Å². The van der Waals surface area contributed by atoms with Crippen LogP contribution >= 0.6 is 0 Å². The number of rotatable bonds is 4. The summed E-state index contributed by atoms with van der Waals surface area (Å²) in [6.45, 7) is 0.726. The fourth-order valence-electron chi connectivity index (χ4n) is 2.72. The van der Waals surface area contributed by atoms with E-state index in [1.165, 1.54) is 5.56 Å². The third-order valence-electron chi connectivity index (χ3n) is 3.91. The Morgan fingerprint density at radius 3 is 2.74 bits per heavy atom. The normalized spacial score (nSPS) is 11.0. The monoisotopic (exact) mass is 304 g/mol. The molecule has 0 amide bonds. The first-order valence-electron chi connectivity index (χ1n) is 7.41. The Hall–Kier alpha value is -3.15. The van der Waals surface area contributed by atoms with Crippen molar-refractivity contribution < 1.29 is 0 Å². The van der Waals surface area contributed by atoms with Crippen molar-refractivity contribution in [2.75, 3.05) is 5.32 Å². The van der Waals surface area contributed by atoms with Crippen LogP contribution < -0.4 is 5.32 Å². The number of nitrogens with zero attached hydrogens (tertiary/aromatic N) is 4. The van der Waals surface area contributed by atoms with Crippen LogP contribution in [-0.4, -0.2) is 25.2 Å². The van der Waals surface area contributed by atoms with Gasteiger partial charge in [-0.25, -0.2) is 4.68 Å². The molecule has 0 bridgehead atoms. The van der Waals surface area contributed by atoms with Crippen LogP contribution in [0.25, 0.3) is 22.2 Å². The van der Waals surface area contributed by atoms with Gasteiger partial charge in [-0.2, -0.15) is 5.10 Å². The maximum absolute atomic E-state index is 4.15. The summed E-state index contributed by atoms with van der Waals surface area (Å²) in [6.07, 6.45) is 3.71. The Morgan fingerprint density at radius 1 is 1.09 bits per heavy atom. The third-order valence-corrected chi connectivity index (χ3v) is 3.91. The second-order valence-electron chi connectivity index (χ2n) is 5.42. The van der Waals surface area contributed by atoms with Crippen LogP contribution in [0, 0.1) is 0 Å². The van der Waals surface area contributed by atoms with Crippen LogP contribution in [0.3, 0.4) is 0 Å². The maximum Gasteiger partial charge on any atom is 0.113 e. The van der Waals surface area contributed by atoms with Crippen LogP contribution in [0.4, 0.5) is 5.69 Å². The molecular weight excluding hydrogens is 288 g/mol. The van der Waals surface area contributed by atoms with E-state index < -0.39 is 0 Å². The van der Waals surface area contributed by atoms with Gasteiger partial charge < -0.3 is 5.32 Å². The van der Waals surface area contributed by atoms with Crippen LogP contribution in [0.5, 0.6) is 0 Å². The van der Waals surface area contributed by atoms with Crippen LogP contribution in [0.1, 0.15) is 5.56 Å². The average Bonchev–Trinajstić information content (AvgIpc) is 3.24. The first-order valence-corrected chi connectivity index (χ1v) is 7.41. The zero-order valence-corrected chi connectivity index (χ0v) is 12.7. The molecule has 0 saturated carbocycles. The minimum atomic E-state index is 0.726. The van der Waals surface area contributed by atoms with E-state index >= 15 is 0 Å². The van der Waals surface area contributed by atoms with E-state index in [4.69, 9.17) is 0 Å². The fourth-order valence-corrected chi connectivity index (χ4v) is 2.72. The Kier molecular flexibility index (Phi) is 3.27. The highest BCUT2D eigenvalue weighted by Gasteiger charge is 2.07. The minimum Gasteiger partial charge on any atom is -0.381 e. The molecule has 4 aromatic rings. The quantitative estimate of drug-likeness (QED) is 0.608. The molecule has 0 atom stereocenters. The third kappa shape index (κ3) is 2.55. The van der Waals surface area contributed by atoms with E-state index in [2.05, 4.69) is 56.2 Å². The summed E-state index contributed by atoms with van der Waals surface area (Å²) < 4.78 is 1.81. The number of anilines is 1. The molecule has 0 aliphatic heterocycles. The summed E-state index contributed by atoms with van der Waals surface area (Å²) in [5.74, 6) is 0. The van der Waals surface area contributed by atoms with Crippen molar-refractivity contribution >= 4 is 16.7 Å². The van der Waals surface area contributed by atoms with Crippen molar-refractivity contribution in [3.05, 3.63) is 60.4 Å². The number of aromatic nitrogens is 5. The molecule has 6 nitrogen and oxygen atoms in total. The molecule has 4 rings (SSSR count). The standard InChI is InChI=1S/C17H16N6/c1-23-17-13(3-2-4-16(17)21-22-23)9-18-15-7-5-12(6-8-15)14-10-19-20-11-14/h2-8,10-11,18H,9H2,1H3,(H,19,20). The average molecular weight is 304 g/mol. The Balaban J connectivity index is 1.53. The Labute approximate surface area is 133 Å². The van der Waals surface area contributed by atoms with E-state index in [1.807, 2.05) is 36.3 Å². The van der Waals surface area contributed by atoms with Gasteiger partial charge in [0.05, 0.1) is 11.7 Å². The van der Waals surface area contributed by atoms with E-state index in [0.717, 1.165) is 34.4 Å². The molecule has 0 aliphatic carbocycles. The number of nitrogens with one attached hydrogen (secondary N) is 2. The predicted molar refractivity (Wildman–Crippen MR) is 89.9 cm³/mol. The molecule has 0 spiro atoms. The topological polar surface area (TPSA) is 71.4 Å². The van der Waals surface area contributed by atoms with Gasteiger partial charge in [0.25, 0.3) is 0 Å². The van der Waals surface area contributed by atoms with Gasteiger partial charge in [-0.1, -0.05) is 29.5 Å². The van der Waals surface area contributed by atoms with Gasteiger partial charge in [-0.05, 0) is 29.3 Å². The van der Waals surface area contributed by atoms with E-state index in [1.54, 1.807) is 0 Å². The lowest BCUT2D eigenvalue weighted by atomic mass is 10.1. The first kappa shape index (κ1) is 13.5. The largest absolute Gasteiger partial charge is 0.381 e. The van der Waals surface area contributed by atoms with Crippen LogP contribution in [0.2, 0.25) is 0 Å². The van der Waals surface area contributed by atoms with Gasteiger partial charge in [0.1, 0.15) is 5.52 Å². The molecule has 0 unspecified atom stereocenters. The molecule has 0 aliphatic rings. The lowest BCUT2D eigenvalue weighted by Crippen LogP contribution is -2.02. The van der Waals surface area contributed by atoms with Crippen LogP contribution in [-0.2, 0) is 13.6 Å². The summed E-state index contributed by atoms with van der Waals surface area (Å²) in [5, 5.41) is 18.5. The lowest BCUT2D eigenvalue weighted by molar-refractivity contribution is 0.734. The van der Waals surface area contributed by atoms with Crippen molar-refractivity contribution in [2.24, 2.45) is 7.05 Å². The number of hydrogen-bond acceptors (Lipinski definition) is 4. The molecule has 2 aromatic carbocycles. The van der Waals surface area contributed by atoms with E-state index in [9.17, 15) is 0 Å². The van der Waals surface area contributed by atoms with E-state index in [-0.39, 0.29) is 0 Å². The summed E-state index contributed by atoms with van der Waals surface area (Å²) in [6, 6.07) is 14.4. The lowest BCUT2D eigenvalue weighted by Gasteiger charge is -2.09. The summed E-state index contributed by atoms with van der Waals surface area (Å²) in [4.78, 5) is 0. The Bertz CT molecular complexity index is 922. The molecule has 0 fully saturated rings. The highest BCUT2D eigenvalue weighted by Crippen LogP contribution is 2.21. The molecular formula is C17H16N6. The Morgan fingerprint density at radius 2 is 1.96 bits per heavy atom. The smallest absolute Gasteiger partial charge is 0.113 e. The minimum absolute atomic E-state index is 0.726. The second-order valence-corrected chi connectivity index (χ2v) is 5.42. The number of aryl methyl sites for hydroxylation is 1. The van der Waals surface area contributed by atoms with Crippen LogP contribution in [0.15, 0.2) is 54.9 Å². The van der Waals surface area contributed by atoms with Crippen molar-refractivity contribution in [1.82, 2.24) is 25.2 Å². The maximum atomic E-state index is 4.15. The number of para-hydroxylation sites is 1. The highest BCUT2D eigenvalue weighted by molar-refractivity contribution is 5.78. The number of benzene rings is 2. The molecule has 0 radical (unpaired) electrons. The van der Waals surface area contributed by atoms with Gasteiger partial charge in [0.15, 0.2) is 0 Å². The van der Waals surface area contributed by atoms with Crippen molar-refractivity contribution in [3.8, 4) is 11.1 Å². The highest BCUT2D eigenvalue weighted by atomic mass is 15.4. The SMILES string of the molecule is Cn1nnc2cccc(CNc3ccc(-c4cn[nH]c4)cc3)c21. The summed E-state index contributed by atoms with van der Waals surface area (Å²) in [5.41, 5.74) is 6.46. The van der Waals surface area contributed by atoms with E-state index in [0.29, 0.717) is 0 Å². The van der Waals surface area contributed by atoms with Gasteiger partial charge in [-0.15, -0.1) is 5.10 Å². The zero-order chi connectivity index (χ0) is 15.6. The summed E-state index contributed by atoms with van der Waals surface area (Å²) >= 11 is 0. The molecule has 2 aromatic heterocycles. The molecule has 2 heterocycles. The van der Waals surface area contributed by atoms with Crippen molar-refractivity contribution in [2.45, 2.75) is 6.54 Å². The van der Waals surface area contributed by atoms with Crippen molar-refractivity contribution in [1.29, 1.82) is 0 Å².